The minimum atomic E-state index is -1.02. The number of anilines is 1. The van der Waals surface area contributed by atoms with E-state index < -0.39 is 9.79 Å². The molecule has 0 aromatic heterocycles. The molecule has 0 bridgehead atoms. The first-order valence-electron chi connectivity index (χ1n) is 9.74. The number of nitrogens with zero attached hydrogens (tertiary/aromatic N) is 3. The van der Waals surface area contributed by atoms with E-state index in [1.54, 1.807) is 17.0 Å². The number of nitro benzene ring substituents is 1. The molecule has 1 spiro atoms. The molecular formula is C23H18N4O3S. The van der Waals surface area contributed by atoms with E-state index in [1.807, 2.05) is 55.5 Å². The molecule has 2 aliphatic rings. The van der Waals surface area contributed by atoms with E-state index in [1.165, 1.54) is 23.9 Å². The van der Waals surface area contributed by atoms with Gasteiger partial charge in [0.15, 0.2) is 0 Å². The van der Waals surface area contributed by atoms with Gasteiger partial charge in [0, 0.05) is 23.3 Å². The van der Waals surface area contributed by atoms with Gasteiger partial charge in [0.05, 0.1) is 17.2 Å². The molecule has 7 nitrogen and oxygen atoms in total. The van der Waals surface area contributed by atoms with Crippen LogP contribution < -0.4 is 10.3 Å². The Labute approximate surface area is 182 Å². The van der Waals surface area contributed by atoms with Gasteiger partial charge >= 0.3 is 0 Å². The molecule has 5 rings (SSSR count). The van der Waals surface area contributed by atoms with Crippen molar-refractivity contribution in [3.63, 3.8) is 0 Å². The van der Waals surface area contributed by atoms with E-state index in [2.05, 4.69) is 10.5 Å². The molecule has 0 unspecified atom stereocenters. The lowest BCUT2D eigenvalue weighted by Gasteiger charge is -2.22. The first kappa shape index (κ1) is 19.3. The fraction of sp³-hybridized carbons (Fsp3) is 0.130. The molecule has 3 aromatic rings. The largest absolute Gasteiger partial charge is 0.304 e. The van der Waals surface area contributed by atoms with E-state index in [4.69, 9.17) is 0 Å². The second-order valence-electron chi connectivity index (χ2n) is 7.51. The van der Waals surface area contributed by atoms with Gasteiger partial charge in [-0.3, -0.25) is 20.3 Å². The van der Waals surface area contributed by atoms with Gasteiger partial charge in [0.2, 0.25) is 4.87 Å². The molecular weight excluding hydrogens is 412 g/mol. The Morgan fingerprint density at radius 2 is 1.77 bits per heavy atom. The summed E-state index contributed by atoms with van der Waals surface area (Å²) in [6.07, 6.45) is 0. The van der Waals surface area contributed by atoms with Gasteiger partial charge in [0.25, 0.3) is 11.6 Å². The van der Waals surface area contributed by atoms with Crippen LogP contribution in [0.2, 0.25) is 0 Å². The summed E-state index contributed by atoms with van der Waals surface area (Å²) in [5.41, 5.74) is 7.74. The van der Waals surface area contributed by atoms with Crippen LogP contribution >= 0.6 is 11.8 Å². The highest BCUT2D eigenvalue weighted by Crippen LogP contribution is 2.50. The summed E-state index contributed by atoms with van der Waals surface area (Å²) in [7, 11) is 0. The fourth-order valence-corrected chi connectivity index (χ4v) is 5.04. The number of rotatable bonds is 4. The molecule has 154 valence electrons. The predicted molar refractivity (Wildman–Crippen MR) is 121 cm³/mol. The zero-order valence-electron chi connectivity index (χ0n) is 16.6. The third kappa shape index (κ3) is 3.16. The van der Waals surface area contributed by atoms with Crippen LogP contribution in [0.4, 0.5) is 11.4 Å². The number of carbonyl (C=O) groups excluding carboxylic acids is 1. The molecule has 8 heteroatoms. The number of hydrazone groups is 1. The van der Waals surface area contributed by atoms with Gasteiger partial charge < -0.3 is 4.90 Å². The van der Waals surface area contributed by atoms with Crippen LogP contribution in [0.1, 0.15) is 22.3 Å². The van der Waals surface area contributed by atoms with Crippen molar-refractivity contribution in [2.24, 2.45) is 5.10 Å². The van der Waals surface area contributed by atoms with Crippen molar-refractivity contribution in [1.82, 2.24) is 5.43 Å². The number of benzene rings is 3. The zero-order chi connectivity index (χ0) is 21.6. The maximum absolute atomic E-state index is 13.7. The van der Waals surface area contributed by atoms with E-state index in [0.717, 1.165) is 33.0 Å². The maximum atomic E-state index is 13.7. The summed E-state index contributed by atoms with van der Waals surface area (Å²) in [5, 5.41) is 16.2. The number of non-ortho nitro benzene ring substituents is 1. The van der Waals surface area contributed by atoms with Crippen molar-refractivity contribution >= 4 is 34.1 Å². The molecule has 1 N–H and O–H groups in total. The maximum Gasteiger partial charge on any atom is 0.270 e. The number of carbonyl (C=O) groups is 1. The lowest BCUT2D eigenvalue weighted by Crippen LogP contribution is -2.44. The smallest absolute Gasteiger partial charge is 0.270 e. The summed E-state index contributed by atoms with van der Waals surface area (Å²) in [6.45, 7) is 2.34. The summed E-state index contributed by atoms with van der Waals surface area (Å²) >= 11 is 1.41. The monoisotopic (exact) mass is 430 g/mol. The van der Waals surface area contributed by atoms with Crippen molar-refractivity contribution in [1.29, 1.82) is 0 Å². The highest BCUT2D eigenvalue weighted by atomic mass is 32.2. The van der Waals surface area contributed by atoms with Gasteiger partial charge in [-0.05, 0) is 18.6 Å². The van der Waals surface area contributed by atoms with Crippen LogP contribution in [-0.4, -0.2) is 15.9 Å². The Morgan fingerprint density at radius 1 is 1.06 bits per heavy atom. The lowest BCUT2D eigenvalue weighted by atomic mass is 10.1. The van der Waals surface area contributed by atoms with Crippen molar-refractivity contribution < 1.29 is 9.72 Å². The Balaban J connectivity index is 1.46. The highest BCUT2D eigenvalue weighted by molar-refractivity contribution is 8.16. The number of nitro groups is 1. The molecule has 1 atom stereocenters. The van der Waals surface area contributed by atoms with E-state index >= 15 is 0 Å². The number of aryl methyl sites for hydroxylation is 1. The summed E-state index contributed by atoms with van der Waals surface area (Å²) in [4.78, 5) is 24.8. The minimum absolute atomic E-state index is 0.0255. The number of hydrogen-bond acceptors (Lipinski definition) is 6. The van der Waals surface area contributed by atoms with Crippen LogP contribution in [0.3, 0.4) is 0 Å². The second-order valence-corrected chi connectivity index (χ2v) is 8.71. The van der Waals surface area contributed by atoms with Crippen LogP contribution in [0.5, 0.6) is 0 Å². The molecule has 31 heavy (non-hydrogen) atoms. The molecule has 0 saturated carbocycles. The molecule has 2 heterocycles. The van der Waals surface area contributed by atoms with Crippen molar-refractivity contribution in [3.8, 4) is 0 Å². The minimum Gasteiger partial charge on any atom is -0.304 e. The number of nitrogens with one attached hydrogen (secondary N) is 1. The van der Waals surface area contributed by atoms with Crippen molar-refractivity contribution in [3.05, 3.63) is 105 Å². The van der Waals surface area contributed by atoms with Crippen molar-refractivity contribution in [2.45, 2.75) is 18.3 Å². The molecule has 0 aliphatic carbocycles. The Morgan fingerprint density at radius 3 is 2.48 bits per heavy atom. The summed E-state index contributed by atoms with van der Waals surface area (Å²) < 4.78 is 0. The summed E-state index contributed by atoms with van der Waals surface area (Å²) in [5.74, 6) is -0.108. The third-order valence-corrected chi connectivity index (χ3v) is 6.78. The topological polar surface area (TPSA) is 87.8 Å². The Bertz CT molecular complexity index is 1220. The van der Waals surface area contributed by atoms with E-state index in [0.29, 0.717) is 6.54 Å². The van der Waals surface area contributed by atoms with Gasteiger partial charge in [0.1, 0.15) is 5.04 Å². The molecule has 1 amide bonds. The lowest BCUT2D eigenvalue weighted by molar-refractivity contribution is -0.384. The first-order chi connectivity index (χ1) is 15.0. The molecule has 0 saturated heterocycles. The third-order valence-electron chi connectivity index (χ3n) is 5.47. The van der Waals surface area contributed by atoms with Crippen LogP contribution in [-0.2, 0) is 16.2 Å². The van der Waals surface area contributed by atoms with E-state index in [-0.39, 0.29) is 11.6 Å². The fourth-order valence-electron chi connectivity index (χ4n) is 3.83. The predicted octanol–water partition coefficient (Wildman–Crippen LogP) is 4.30. The molecule has 0 radical (unpaired) electrons. The molecule has 2 aliphatic heterocycles. The van der Waals surface area contributed by atoms with Crippen LogP contribution in [0.25, 0.3) is 0 Å². The number of hydrogen-bond donors (Lipinski definition) is 1. The number of thioether (sulfide) groups is 1. The number of para-hydroxylation sites is 1. The normalized spacial score (nSPS) is 19.3. The van der Waals surface area contributed by atoms with Gasteiger partial charge in [-0.2, -0.15) is 5.10 Å². The average molecular weight is 430 g/mol. The second kappa shape index (κ2) is 7.24. The van der Waals surface area contributed by atoms with Gasteiger partial charge in [-0.1, -0.05) is 71.9 Å². The Kier molecular flexibility index (Phi) is 4.51. The first-order valence-corrected chi connectivity index (χ1v) is 10.6. The quantitative estimate of drug-likeness (QED) is 0.492. The highest BCUT2D eigenvalue weighted by Gasteiger charge is 2.55. The number of fused-ring (bicyclic) bond motifs is 2. The SMILES string of the molecule is Cc1ccc(C2=NN[C@@]3(S2)C(=O)N(Cc2ccc([N+](=O)[O-])cc2)c2ccccc23)cc1. The van der Waals surface area contributed by atoms with Gasteiger partial charge in [-0.15, -0.1) is 0 Å². The van der Waals surface area contributed by atoms with Crippen molar-refractivity contribution in [2.75, 3.05) is 4.90 Å². The molecule has 3 aromatic carbocycles. The van der Waals surface area contributed by atoms with E-state index in [9.17, 15) is 14.9 Å². The Hall–Kier alpha value is -3.65. The van der Waals surface area contributed by atoms with Crippen LogP contribution in [0, 0.1) is 17.0 Å². The standard InChI is InChI=1S/C23H18N4O3S/c1-15-6-10-17(11-7-15)21-24-25-23(31-21)19-4-2-3-5-20(19)26(22(23)28)14-16-8-12-18(13-9-16)27(29)30/h2-13,25H,14H2,1H3/t23-/m0/s1. The zero-order valence-corrected chi connectivity index (χ0v) is 17.4. The average Bonchev–Trinajstić information content (AvgIpc) is 3.32. The summed E-state index contributed by atoms with van der Waals surface area (Å²) in [6, 6.07) is 22.0. The number of amides is 1. The van der Waals surface area contributed by atoms with Gasteiger partial charge in [-0.25, -0.2) is 0 Å². The van der Waals surface area contributed by atoms with Crippen LogP contribution in [0.15, 0.2) is 77.9 Å². The molecule has 0 fully saturated rings.